The van der Waals surface area contributed by atoms with Gasteiger partial charge in [0.2, 0.25) is 0 Å². The molecule has 5 nitrogen and oxygen atoms in total. The first kappa shape index (κ1) is 11.2. The average molecular weight is 248 g/mol. The summed E-state index contributed by atoms with van der Waals surface area (Å²) in [5.74, 6) is -4.45. The van der Waals surface area contributed by atoms with Crippen LogP contribution in [-0.4, -0.2) is 28.8 Å². The van der Waals surface area contributed by atoms with Crippen LogP contribution in [0.15, 0.2) is 24.3 Å². The van der Waals surface area contributed by atoms with Gasteiger partial charge in [0.1, 0.15) is 5.92 Å². The normalized spacial score (nSPS) is 32.9. The molecule has 4 rings (SSSR count). The van der Waals surface area contributed by atoms with Gasteiger partial charge in [-0.25, -0.2) is 0 Å². The summed E-state index contributed by atoms with van der Waals surface area (Å²) in [7, 11) is 0. The van der Waals surface area contributed by atoms with Crippen molar-refractivity contribution < 1.29 is 24.5 Å². The van der Waals surface area contributed by atoms with Crippen LogP contribution in [0, 0.1) is 11.8 Å². The highest BCUT2D eigenvalue weighted by Gasteiger charge is 2.54. The van der Waals surface area contributed by atoms with E-state index in [-0.39, 0.29) is 12.5 Å². The fourth-order valence-corrected chi connectivity index (χ4v) is 3.14. The second-order valence-corrected chi connectivity index (χ2v) is 4.72. The van der Waals surface area contributed by atoms with E-state index in [0.29, 0.717) is 0 Å². The summed E-state index contributed by atoms with van der Waals surface area (Å²) in [5.41, 5.74) is 1.73. The van der Waals surface area contributed by atoms with Gasteiger partial charge in [0.15, 0.2) is 0 Å². The van der Waals surface area contributed by atoms with E-state index in [4.69, 9.17) is 4.74 Å². The van der Waals surface area contributed by atoms with Gasteiger partial charge in [0.25, 0.3) is 0 Å². The van der Waals surface area contributed by atoms with E-state index < -0.39 is 29.9 Å². The Labute approximate surface area is 103 Å². The molecule has 0 saturated carbocycles. The van der Waals surface area contributed by atoms with Crippen molar-refractivity contribution in [2.75, 3.05) is 6.61 Å². The largest absolute Gasteiger partial charge is 0.481 e. The Hall–Kier alpha value is -1.88. The summed E-state index contributed by atoms with van der Waals surface area (Å²) >= 11 is 0. The highest BCUT2D eigenvalue weighted by molar-refractivity contribution is 5.83. The molecule has 0 amide bonds. The van der Waals surface area contributed by atoms with Crippen LogP contribution < -0.4 is 0 Å². The zero-order chi connectivity index (χ0) is 12.9. The zero-order valence-electron chi connectivity index (χ0n) is 9.45. The maximum atomic E-state index is 11.3. The first-order valence-electron chi connectivity index (χ1n) is 5.77. The Bertz CT molecular complexity index is 477. The van der Waals surface area contributed by atoms with Gasteiger partial charge in [0.05, 0.1) is 18.6 Å². The standard InChI is InChI=1S/C13H12O5/c14-12(15)9-8-5-18-11(10(9)13(16)17)7-4-2-1-3-6(7)8/h1-4,8-11H,5H2,(H,14,15)(H,16,17)/t8-,9+,10-,11-/m0/s1. The van der Waals surface area contributed by atoms with Crippen LogP contribution in [0.2, 0.25) is 0 Å². The molecular formula is C13H12O5. The summed E-state index contributed by atoms with van der Waals surface area (Å²) in [5, 5.41) is 18.5. The van der Waals surface area contributed by atoms with Crippen molar-refractivity contribution in [2.24, 2.45) is 11.8 Å². The maximum absolute atomic E-state index is 11.3. The number of hydrogen-bond donors (Lipinski definition) is 2. The van der Waals surface area contributed by atoms with Crippen LogP contribution in [0.4, 0.5) is 0 Å². The quantitative estimate of drug-likeness (QED) is 0.823. The molecule has 1 aromatic carbocycles. The molecule has 2 bridgehead atoms. The highest BCUT2D eigenvalue weighted by atomic mass is 16.5. The Morgan fingerprint density at radius 2 is 1.67 bits per heavy atom. The molecular weight excluding hydrogens is 236 g/mol. The van der Waals surface area contributed by atoms with Crippen molar-refractivity contribution in [3.63, 3.8) is 0 Å². The zero-order valence-corrected chi connectivity index (χ0v) is 9.45. The molecule has 94 valence electrons. The second-order valence-electron chi connectivity index (χ2n) is 4.72. The van der Waals surface area contributed by atoms with Crippen LogP contribution in [-0.2, 0) is 14.3 Å². The molecule has 2 aliphatic heterocycles. The van der Waals surface area contributed by atoms with E-state index >= 15 is 0 Å². The van der Waals surface area contributed by atoms with E-state index in [1.807, 2.05) is 24.3 Å². The number of aliphatic carboxylic acids is 2. The highest BCUT2D eigenvalue weighted by Crippen LogP contribution is 2.51. The Morgan fingerprint density at radius 3 is 2.28 bits per heavy atom. The number of carboxylic acid groups (broad SMARTS) is 2. The van der Waals surface area contributed by atoms with Crippen molar-refractivity contribution in [3.05, 3.63) is 35.4 Å². The van der Waals surface area contributed by atoms with E-state index in [1.54, 1.807) is 0 Å². The molecule has 1 aliphatic carbocycles. The molecule has 5 heteroatoms. The lowest BCUT2D eigenvalue weighted by molar-refractivity contribution is -0.175. The Morgan fingerprint density at radius 1 is 1.06 bits per heavy atom. The van der Waals surface area contributed by atoms with E-state index in [2.05, 4.69) is 0 Å². The number of rotatable bonds is 2. The number of hydrogen-bond acceptors (Lipinski definition) is 3. The summed E-state index contributed by atoms with van der Waals surface area (Å²) in [6, 6.07) is 7.34. The lowest BCUT2D eigenvalue weighted by Crippen LogP contribution is -2.48. The summed E-state index contributed by atoms with van der Waals surface area (Å²) < 4.78 is 5.51. The van der Waals surface area contributed by atoms with Crippen LogP contribution in [0.1, 0.15) is 23.1 Å². The van der Waals surface area contributed by atoms with Gasteiger partial charge >= 0.3 is 11.9 Å². The summed E-state index contributed by atoms with van der Waals surface area (Å²) in [6.07, 6.45) is -0.648. The SMILES string of the molecule is O=C(O)[C@H]1[C@H](C(=O)O)[C@H]2OC[C@H]1c1ccccc12. The third-order valence-corrected chi connectivity index (χ3v) is 3.87. The third kappa shape index (κ3) is 1.37. The van der Waals surface area contributed by atoms with E-state index in [9.17, 15) is 19.8 Å². The van der Waals surface area contributed by atoms with Gasteiger partial charge in [-0.15, -0.1) is 0 Å². The van der Waals surface area contributed by atoms with Crippen molar-refractivity contribution in [1.29, 1.82) is 0 Å². The fraction of sp³-hybridized carbons (Fsp3) is 0.385. The first-order chi connectivity index (χ1) is 8.61. The molecule has 2 heterocycles. The van der Waals surface area contributed by atoms with Crippen molar-refractivity contribution in [1.82, 2.24) is 0 Å². The van der Waals surface area contributed by atoms with Crippen molar-refractivity contribution in [3.8, 4) is 0 Å². The Kier molecular flexibility index (Phi) is 2.38. The molecule has 1 saturated heterocycles. The van der Waals surface area contributed by atoms with Crippen LogP contribution in [0.3, 0.4) is 0 Å². The van der Waals surface area contributed by atoms with Crippen molar-refractivity contribution in [2.45, 2.75) is 12.0 Å². The average Bonchev–Trinajstić information content (AvgIpc) is 2.38. The molecule has 2 N–H and O–H groups in total. The molecule has 0 spiro atoms. The smallest absolute Gasteiger partial charge is 0.310 e. The van der Waals surface area contributed by atoms with Gasteiger partial charge in [-0.3, -0.25) is 9.59 Å². The van der Waals surface area contributed by atoms with Gasteiger partial charge < -0.3 is 14.9 Å². The number of carboxylic acids is 2. The second kappa shape index (κ2) is 3.81. The predicted octanol–water partition coefficient (Wildman–Crippen LogP) is 1.26. The van der Waals surface area contributed by atoms with E-state index in [1.165, 1.54) is 0 Å². The maximum Gasteiger partial charge on any atom is 0.310 e. The fourth-order valence-electron chi connectivity index (χ4n) is 3.14. The number of ether oxygens (including phenoxy) is 1. The monoisotopic (exact) mass is 248 g/mol. The number of fused-ring (bicyclic) bond motifs is 2. The van der Waals surface area contributed by atoms with Crippen LogP contribution in [0.5, 0.6) is 0 Å². The molecule has 4 atom stereocenters. The molecule has 0 radical (unpaired) electrons. The molecule has 18 heavy (non-hydrogen) atoms. The molecule has 1 fully saturated rings. The third-order valence-electron chi connectivity index (χ3n) is 3.87. The van der Waals surface area contributed by atoms with Gasteiger partial charge in [-0.2, -0.15) is 0 Å². The summed E-state index contributed by atoms with van der Waals surface area (Å²) in [6.45, 7) is 0.280. The lowest BCUT2D eigenvalue weighted by Gasteiger charge is -2.45. The predicted molar refractivity (Wildman–Crippen MR) is 60.1 cm³/mol. The number of benzene rings is 1. The molecule has 0 aromatic heterocycles. The Balaban J connectivity index is 2.16. The van der Waals surface area contributed by atoms with E-state index in [0.717, 1.165) is 11.1 Å². The summed E-state index contributed by atoms with van der Waals surface area (Å²) in [4.78, 5) is 22.7. The van der Waals surface area contributed by atoms with Crippen LogP contribution >= 0.6 is 0 Å². The minimum Gasteiger partial charge on any atom is -0.481 e. The first-order valence-corrected chi connectivity index (χ1v) is 5.77. The van der Waals surface area contributed by atoms with Crippen LogP contribution in [0.25, 0.3) is 0 Å². The minimum atomic E-state index is -1.10. The van der Waals surface area contributed by atoms with Gasteiger partial charge in [0, 0.05) is 5.92 Å². The van der Waals surface area contributed by atoms with Gasteiger partial charge in [-0.05, 0) is 11.1 Å². The van der Waals surface area contributed by atoms with Gasteiger partial charge in [-0.1, -0.05) is 24.3 Å². The topological polar surface area (TPSA) is 83.8 Å². The molecule has 3 aliphatic rings. The minimum absolute atomic E-state index is 0.280. The lowest BCUT2D eigenvalue weighted by atomic mass is 9.65. The molecule has 0 unspecified atom stereocenters. The molecule has 1 aromatic rings. The number of carbonyl (C=O) groups is 2. The van der Waals surface area contributed by atoms with Crippen molar-refractivity contribution >= 4 is 11.9 Å².